The van der Waals surface area contributed by atoms with Crippen LogP contribution in [0, 0.1) is 0 Å². The van der Waals surface area contributed by atoms with Crippen molar-refractivity contribution >= 4 is 47.4 Å². The Morgan fingerprint density at radius 1 is 0.289 bits per heavy atom. The molecule has 400 valence electrons. The summed E-state index contributed by atoms with van der Waals surface area (Å²) in [6.45, 7) is 14.2. The van der Waals surface area contributed by atoms with Crippen LogP contribution in [0.3, 0.4) is 0 Å². The molecule has 2 aliphatic rings. The molecule has 3 heteroatoms. The summed E-state index contributed by atoms with van der Waals surface area (Å²) in [5.74, 6) is 0. The van der Waals surface area contributed by atoms with Crippen molar-refractivity contribution in [1.82, 2.24) is 0 Å². The predicted molar refractivity (Wildman–Crippen MR) is 356 cm³/mol. The Labute approximate surface area is 491 Å². The van der Waals surface area contributed by atoms with Gasteiger partial charge in [-0.05, 0) is 161 Å². The summed E-state index contributed by atoms with van der Waals surface area (Å²) in [6.07, 6.45) is 0. The smallest absolute Gasteiger partial charge is 0.0775 e. The first-order chi connectivity index (χ1) is 40.4. The van der Waals surface area contributed by atoms with Crippen LogP contribution in [-0.4, -0.2) is 8.07 Å². The van der Waals surface area contributed by atoms with E-state index in [1.165, 1.54) is 77.5 Å². The third-order valence-corrected chi connectivity index (χ3v) is 19.4. The molecule has 1 spiro atoms. The zero-order chi connectivity index (χ0) is 56.5. The Balaban J connectivity index is 1.04. The second-order valence-electron chi connectivity index (χ2n) is 24.5. The summed E-state index contributed by atoms with van der Waals surface area (Å²) in [6, 6.07) is 109. The van der Waals surface area contributed by atoms with Crippen LogP contribution in [0.4, 0.5) is 34.1 Å². The van der Waals surface area contributed by atoms with Gasteiger partial charge in [0.25, 0.3) is 0 Å². The number of hydrogen-bond acceptors (Lipinski definition) is 2. The van der Waals surface area contributed by atoms with Gasteiger partial charge in [0.05, 0.1) is 24.9 Å². The van der Waals surface area contributed by atoms with Gasteiger partial charge < -0.3 is 9.80 Å². The Bertz CT molecular complexity index is 4330. The van der Waals surface area contributed by atoms with E-state index in [2.05, 4.69) is 341 Å². The zero-order valence-electron chi connectivity index (χ0n) is 48.1. The zero-order valence-corrected chi connectivity index (χ0v) is 49.1. The number of hydrogen-bond donors (Lipinski definition) is 0. The molecule has 2 aliphatic carbocycles. The summed E-state index contributed by atoms with van der Waals surface area (Å²) in [5.41, 5.74) is 26.9. The quantitative estimate of drug-likeness (QED) is 0.119. The first-order valence-electron chi connectivity index (χ1n) is 29.2. The Hall–Kier alpha value is -9.54. The fraction of sp³-hybridized carbons (Fsp3) is 0.100. The summed E-state index contributed by atoms with van der Waals surface area (Å²) in [7, 11) is -1.62. The molecule has 0 atom stereocenters. The third-order valence-electron chi connectivity index (χ3n) is 17.4. The van der Waals surface area contributed by atoms with Gasteiger partial charge in [0.1, 0.15) is 0 Å². The average molecular weight is 1080 g/mol. The predicted octanol–water partition coefficient (Wildman–Crippen LogP) is 21.5. The van der Waals surface area contributed by atoms with Gasteiger partial charge >= 0.3 is 0 Å². The van der Waals surface area contributed by atoms with E-state index in [4.69, 9.17) is 0 Å². The van der Waals surface area contributed by atoms with Crippen molar-refractivity contribution in [3.63, 3.8) is 0 Å². The number of rotatable bonds is 11. The minimum Gasteiger partial charge on any atom is -0.310 e. The van der Waals surface area contributed by atoms with E-state index in [0.29, 0.717) is 0 Å². The van der Waals surface area contributed by atoms with Crippen molar-refractivity contribution in [2.24, 2.45) is 0 Å². The van der Waals surface area contributed by atoms with Crippen LogP contribution in [0.25, 0.3) is 66.8 Å². The molecule has 0 aromatic heterocycles. The second-order valence-corrected chi connectivity index (χ2v) is 29.6. The first kappa shape index (κ1) is 51.6. The van der Waals surface area contributed by atoms with E-state index in [9.17, 15) is 0 Å². The lowest BCUT2D eigenvalue weighted by atomic mass is 9.70. The number of anilines is 6. The molecule has 2 nitrogen and oxygen atoms in total. The summed E-state index contributed by atoms with van der Waals surface area (Å²) >= 11 is 0. The topological polar surface area (TPSA) is 6.48 Å². The lowest BCUT2D eigenvalue weighted by Crippen LogP contribution is -2.37. The van der Waals surface area contributed by atoms with Gasteiger partial charge in [0, 0.05) is 28.3 Å². The monoisotopic (exact) mass is 1080 g/mol. The van der Waals surface area contributed by atoms with Crippen LogP contribution in [-0.2, 0) is 10.8 Å². The van der Waals surface area contributed by atoms with E-state index in [0.717, 1.165) is 56.4 Å². The molecule has 0 unspecified atom stereocenters. The molecule has 0 saturated heterocycles. The molecule has 14 rings (SSSR count). The molecule has 0 amide bonds. The van der Waals surface area contributed by atoms with Crippen LogP contribution >= 0.6 is 0 Å². The van der Waals surface area contributed by atoms with Crippen LogP contribution in [0.5, 0.6) is 0 Å². The largest absolute Gasteiger partial charge is 0.310 e. The first-order valence-corrected chi connectivity index (χ1v) is 32.7. The summed E-state index contributed by atoms with van der Waals surface area (Å²) in [4.78, 5) is 5.05. The molecule has 0 heterocycles. The summed E-state index contributed by atoms with van der Waals surface area (Å²) in [5, 5.41) is 1.44. The van der Waals surface area contributed by atoms with Crippen molar-refractivity contribution < 1.29 is 0 Å². The minimum absolute atomic E-state index is 0.0970. The molecular weight excluding hydrogens is 1020 g/mol. The number of fused-ring (bicyclic) bond motifs is 10. The minimum atomic E-state index is -1.62. The van der Waals surface area contributed by atoms with Gasteiger partial charge in [0.15, 0.2) is 0 Å². The maximum atomic E-state index is 2.53. The van der Waals surface area contributed by atoms with E-state index < -0.39 is 13.5 Å². The van der Waals surface area contributed by atoms with Gasteiger partial charge in [0.2, 0.25) is 0 Å². The van der Waals surface area contributed by atoms with Crippen molar-refractivity contribution in [2.45, 2.75) is 51.2 Å². The van der Waals surface area contributed by atoms with Crippen molar-refractivity contribution in [1.29, 1.82) is 0 Å². The van der Waals surface area contributed by atoms with Gasteiger partial charge in [-0.1, -0.05) is 270 Å². The highest BCUT2D eigenvalue weighted by molar-refractivity contribution is 6.88. The maximum absolute atomic E-state index is 2.53. The number of nitrogens with zero attached hydrogens (tertiary/aromatic N) is 2. The molecular formula is C80H66N2Si. The second kappa shape index (κ2) is 20.5. The SMILES string of the molecule is CC(C)(C)c1cccc(N(c2ccc(-c3cccc(-c4ccccc4)c3)cc2)c2cc(-c3ccc([Si](C)(C)C)cc3)cc(N(c3ccccc3)c3ccc4c(c3)-c3ccccc3C43c4ccccc4-c4ccccc43)c2-c2ccccc2)c1. The van der Waals surface area contributed by atoms with Crippen LogP contribution in [0.2, 0.25) is 19.6 Å². The van der Waals surface area contributed by atoms with Crippen molar-refractivity contribution in [3.8, 4) is 66.8 Å². The fourth-order valence-corrected chi connectivity index (χ4v) is 14.4. The summed E-state index contributed by atoms with van der Waals surface area (Å²) < 4.78 is 0. The molecule has 0 bridgehead atoms. The van der Waals surface area contributed by atoms with Crippen molar-refractivity contribution in [3.05, 3.63) is 319 Å². The molecule has 0 radical (unpaired) electrons. The van der Waals surface area contributed by atoms with E-state index in [-0.39, 0.29) is 5.41 Å². The highest BCUT2D eigenvalue weighted by atomic mass is 28.3. The van der Waals surface area contributed by atoms with Gasteiger partial charge in [-0.25, -0.2) is 0 Å². The van der Waals surface area contributed by atoms with Gasteiger partial charge in [-0.2, -0.15) is 0 Å². The van der Waals surface area contributed by atoms with E-state index >= 15 is 0 Å². The van der Waals surface area contributed by atoms with Gasteiger partial charge in [-0.15, -0.1) is 0 Å². The maximum Gasteiger partial charge on any atom is 0.0775 e. The molecule has 12 aromatic carbocycles. The van der Waals surface area contributed by atoms with E-state index in [1.54, 1.807) is 0 Å². The number of para-hydroxylation sites is 1. The van der Waals surface area contributed by atoms with Crippen LogP contribution in [0.1, 0.15) is 48.6 Å². The fourth-order valence-electron chi connectivity index (χ4n) is 13.3. The van der Waals surface area contributed by atoms with Gasteiger partial charge in [-0.3, -0.25) is 0 Å². The molecule has 83 heavy (non-hydrogen) atoms. The molecule has 0 fully saturated rings. The molecule has 12 aromatic rings. The average Bonchev–Trinajstić information content (AvgIpc) is 1.61. The normalized spacial score (nSPS) is 12.8. The molecule has 0 aliphatic heterocycles. The standard InChI is InChI=1S/C80H66N2Si/c1-79(2,3)62-30-23-33-65(53-62)82(64-44-40-56(41-45-64)60-29-22-28-59(50-60)55-24-10-7-11-25-55)77-52-61(57-42-47-67(48-43-57)83(4,5)6)51-76(78(77)58-26-12-8-13-27-58)81(63-31-14-9-15-32-63)66-46-49-75-71(54-66)70-36-18-21-39-74(70)80(75)72-37-19-16-34-68(72)69-35-17-20-38-73(69)80/h7-54H,1-6H3. The highest BCUT2D eigenvalue weighted by Crippen LogP contribution is 2.63. The lowest BCUT2D eigenvalue weighted by molar-refractivity contribution is 0.590. The highest BCUT2D eigenvalue weighted by Gasteiger charge is 2.51. The lowest BCUT2D eigenvalue weighted by Gasteiger charge is -2.35. The Morgan fingerprint density at radius 2 is 0.687 bits per heavy atom. The molecule has 0 saturated carbocycles. The van der Waals surface area contributed by atoms with Crippen LogP contribution in [0.15, 0.2) is 291 Å². The number of benzene rings is 12. The van der Waals surface area contributed by atoms with Crippen LogP contribution < -0.4 is 15.0 Å². The third kappa shape index (κ3) is 8.95. The Morgan fingerprint density at radius 3 is 1.24 bits per heavy atom. The van der Waals surface area contributed by atoms with E-state index in [1.807, 2.05) is 0 Å². The Kier molecular flexibility index (Phi) is 12.7. The molecule has 0 N–H and O–H groups in total. The van der Waals surface area contributed by atoms with Crippen molar-refractivity contribution in [2.75, 3.05) is 9.80 Å².